The Morgan fingerprint density at radius 2 is 1.96 bits per heavy atom. The first-order valence-corrected chi connectivity index (χ1v) is 7.95. The lowest BCUT2D eigenvalue weighted by Crippen LogP contribution is -2.45. The fraction of sp³-hybridized carbons (Fsp3) is 0.857. The number of likely N-dealkylation sites (N-methyl/N-ethyl adjacent to an activating group) is 1. The highest BCUT2D eigenvalue weighted by molar-refractivity contribution is 5.84. The van der Waals surface area contributed by atoms with E-state index in [1.165, 1.54) is 0 Å². The van der Waals surface area contributed by atoms with Crippen LogP contribution in [-0.2, 0) is 9.53 Å². The summed E-state index contributed by atoms with van der Waals surface area (Å²) in [5.41, 5.74) is 0. The predicted molar refractivity (Wildman–Crippen MR) is 84.9 cm³/mol. The van der Waals surface area contributed by atoms with Gasteiger partial charge in [0.05, 0.1) is 13.2 Å². The number of nitrogens with zero attached hydrogens (tertiary/aromatic N) is 3. The Labute approximate surface area is 140 Å². The van der Waals surface area contributed by atoms with Crippen molar-refractivity contribution in [1.29, 1.82) is 0 Å². The second kappa shape index (κ2) is 10.3. The minimum Gasteiger partial charge on any atom is -0.379 e. The van der Waals surface area contributed by atoms with Crippen LogP contribution in [0.2, 0.25) is 0 Å². The van der Waals surface area contributed by atoms with Crippen molar-refractivity contribution < 1.29 is 22.7 Å². The molecule has 24 heavy (non-hydrogen) atoms. The molecule has 1 aliphatic rings. The number of aliphatic imine (C=N–C) groups is 1. The number of guanidine groups is 1. The van der Waals surface area contributed by atoms with Gasteiger partial charge in [-0.2, -0.15) is 13.2 Å². The molecule has 1 amide bonds. The third kappa shape index (κ3) is 8.92. The minimum absolute atomic E-state index is 0.334. The number of carbonyl (C=O) groups excluding carboxylic acids is 1. The average Bonchev–Trinajstić information content (AvgIpc) is 2.51. The van der Waals surface area contributed by atoms with Gasteiger partial charge in [-0.05, 0) is 6.92 Å². The molecule has 0 unspecified atom stereocenters. The highest BCUT2D eigenvalue weighted by atomic mass is 19.4. The molecule has 10 heteroatoms. The summed E-state index contributed by atoms with van der Waals surface area (Å²) in [5, 5.41) is 6.04. The maximum Gasteiger partial charge on any atom is 0.406 e. The molecular formula is C14H26F3N5O2. The lowest BCUT2D eigenvalue weighted by Gasteiger charge is -2.26. The van der Waals surface area contributed by atoms with Gasteiger partial charge >= 0.3 is 6.18 Å². The van der Waals surface area contributed by atoms with E-state index < -0.39 is 18.6 Å². The number of nitrogens with one attached hydrogen (secondary N) is 2. The molecule has 0 aromatic heterocycles. The van der Waals surface area contributed by atoms with Gasteiger partial charge in [0, 0.05) is 39.8 Å². The maximum absolute atomic E-state index is 12.3. The van der Waals surface area contributed by atoms with Crippen LogP contribution in [0.4, 0.5) is 13.2 Å². The zero-order valence-electron chi connectivity index (χ0n) is 14.2. The second-order valence-corrected chi connectivity index (χ2v) is 5.44. The number of hydrogen-bond donors (Lipinski definition) is 2. The monoisotopic (exact) mass is 353 g/mol. The van der Waals surface area contributed by atoms with Gasteiger partial charge < -0.3 is 20.3 Å². The first-order chi connectivity index (χ1) is 11.3. The zero-order valence-corrected chi connectivity index (χ0v) is 14.2. The number of hydrogen-bond acceptors (Lipinski definition) is 4. The number of carbonyl (C=O) groups is 1. The maximum atomic E-state index is 12.3. The molecule has 0 saturated carbocycles. The van der Waals surface area contributed by atoms with Crippen molar-refractivity contribution >= 4 is 11.9 Å². The van der Waals surface area contributed by atoms with Crippen molar-refractivity contribution in [3.63, 3.8) is 0 Å². The molecule has 0 aromatic carbocycles. The van der Waals surface area contributed by atoms with Crippen LogP contribution >= 0.6 is 0 Å². The smallest absolute Gasteiger partial charge is 0.379 e. The van der Waals surface area contributed by atoms with Gasteiger partial charge in [-0.25, -0.2) is 4.99 Å². The number of rotatable bonds is 7. The van der Waals surface area contributed by atoms with Crippen LogP contribution in [-0.4, -0.2) is 93.9 Å². The van der Waals surface area contributed by atoms with E-state index in [0.29, 0.717) is 37.2 Å². The number of amides is 1. The molecule has 0 bridgehead atoms. The van der Waals surface area contributed by atoms with Crippen LogP contribution < -0.4 is 10.6 Å². The summed E-state index contributed by atoms with van der Waals surface area (Å²) in [6.07, 6.45) is -4.41. The highest BCUT2D eigenvalue weighted by Gasteiger charge is 2.31. The molecule has 0 radical (unpaired) electrons. The second-order valence-electron chi connectivity index (χ2n) is 5.44. The number of alkyl halides is 3. The fourth-order valence-corrected chi connectivity index (χ4v) is 2.12. The summed E-state index contributed by atoms with van der Waals surface area (Å²) < 4.78 is 42.1. The molecule has 0 atom stereocenters. The molecule has 1 heterocycles. The molecule has 1 saturated heterocycles. The Kier molecular flexibility index (Phi) is 8.83. The van der Waals surface area contributed by atoms with E-state index in [2.05, 4.69) is 20.5 Å². The lowest BCUT2D eigenvalue weighted by atomic mass is 10.4. The normalized spacial score (nSPS) is 16.8. The van der Waals surface area contributed by atoms with Crippen LogP contribution in [0.1, 0.15) is 6.92 Å². The molecule has 1 rings (SSSR count). The van der Waals surface area contributed by atoms with Crippen LogP contribution in [0.25, 0.3) is 0 Å². The largest absolute Gasteiger partial charge is 0.406 e. The summed E-state index contributed by atoms with van der Waals surface area (Å²) in [4.78, 5) is 18.6. The molecule has 0 spiro atoms. The van der Waals surface area contributed by atoms with Crippen LogP contribution in [0.3, 0.4) is 0 Å². The van der Waals surface area contributed by atoms with Crippen molar-refractivity contribution in [2.45, 2.75) is 13.1 Å². The Bertz CT molecular complexity index is 412. The molecule has 7 nitrogen and oxygen atoms in total. The standard InChI is InChI=1S/C14H26F3N5O2/c1-3-18-13(19-4-5-22-6-8-24-9-7-22)20-10-12(23)21(2)11-14(15,16)17/h3-11H2,1-2H3,(H2,18,19,20). The van der Waals surface area contributed by atoms with E-state index >= 15 is 0 Å². The van der Waals surface area contributed by atoms with Crippen LogP contribution in [0, 0.1) is 0 Å². The summed E-state index contributed by atoms with van der Waals surface area (Å²) in [6, 6.07) is 0. The fourth-order valence-electron chi connectivity index (χ4n) is 2.12. The first kappa shape index (κ1) is 20.5. The third-order valence-corrected chi connectivity index (χ3v) is 3.38. The summed E-state index contributed by atoms with van der Waals surface area (Å²) in [6.45, 7) is 5.46. The Hall–Kier alpha value is -1.55. The van der Waals surface area contributed by atoms with Crippen LogP contribution in [0.15, 0.2) is 4.99 Å². The van der Waals surface area contributed by atoms with Gasteiger partial charge in [-0.3, -0.25) is 9.69 Å². The van der Waals surface area contributed by atoms with E-state index in [1.54, 1.807) is 0 Å². The van der Waals surface area contributed by atoms with Crippen molar-refractivity contribution in [3.05, 3.63) is 0 Å². The molecule has 2 N–H and O–H groups in total. The SMILES string of the molecule is CCNC(=NCC(=O)N(C)CC(F)(F)F)NCCN1CCOCC1. The topological polar surface area (TPSA) is 69.2 Å². The van der Waals surface area contributed by atoms with Gasteiger partial charge in [-0.15, -0.1) is 0 Å². The van der Waals surface area contributed by atoms with E-state index in [-0.39, 0.29) is 6.54 Å². The Morgan fingerprint density at radius 1 is 1.29 bits per heavy atom. The van der Waals surface area contributed by atoms with Gasteiger partial charge in [-0.1, -0.05) is 0 Å². The van der Waals surface area contributed by atoms with Crippen molar-refractivity contribution in [2.24, 2.45) is 4.99 Å². The summed E-state index contributed by atoms with van der Waals surface area (Å²) in [5.74, 6) is -0.266. The first-order valence-electron chi connectivity index (χ1n) is 7.95. The molecular weight excluding hydrogens is 327 g/mol. The van der Waals surface area contributed by atoms with Crippen LogP contribution in [0.5, 0.6) is 0 Å². The molecule has 0 aromatic rings. The number of halogens is 3. The van der Waals surface area contributed by atoms with Gasteiger partial charge in [0.25, 0.3) is 0 Å². The van der Waals surface area contributed by atoms with Gasteiger partial charge in [0.15, 0.2) is 5.96 Å². The zero-order chi connectivity index (χ0) is 18.0. The highest BCUT2D eigenvalue weighted by Crippen LogP contribution is 2.15. The quantitative estimate of drug-likeness (QED) is 0.494. The third-order valence-electron chi connectivity index (χ3n) is 3.38. The molecule has 1 aliphatic heterocycles. The molecule has 0 aliphatic carbocycles. The predicted octanol–water partition coefficient (Wildman–Crippen LogP) is -0.106. The van der Waals surface area contributed by atoms with Gasteiger partial charge in [0.1, 0.15) is 13.1 Å². The molecule has 1 fully saturated rings. The van der Waals surface area contributed by atoms with Crippen molar-refractivity contribution in [3.8, 4) is 0 Å². The number of morpholine rings is 1. The van der Waals surface area contributed by atoms with Gasteiger partial charge in [0.2, 0.25) is 5.91 Å². The minimum atomic E-state index is -4.41. The Balaban J connectivity index is 2.38. The molecule has 140 valence electrons. The van der Waals surface area contributed by atoms with E-state index in [9.17, 15) is 18.0 Å². The van der Waals surface area contributed by atoms with E-state index in [1.807, 2.05) is 6.92 Å². The lowest BCUT2D eigenvalue weighted by molar-refractivity contribution is -0.157. The average molecular weight is 353 g/mol. The summed E-state index contributed by atoms with van der Waals surface area (Å²) >= 11 is 0. The van der Waals surface area contributed by atoms with E-state index in [4.69, 9.17) is 4.74 Å². The summed E-state index contributed by atoms with van der Waals surface area (Å²) in [7, 11) is 1.12. The number of ether oxygens (including phenoxy) is 1. The van der Waals surface area contributed by atoms with Crippen molar-refractivity contribution in [1.82, 2.24) is 20.4 Å². The van der Waals surface area contributed by atoms with E-state index in [0.717, 1.165) is 26.7 Å². The Morgan fingerprint density at radius 3 is 2.54 bits per heavy atom. The van der Waals surface area contributed by atoms with Crippen molar-refractivity contribution in [2.75, 3.05) is 66.1 Å².